The molecule has 1 aliphatic rings. The number of likely N-dealkylation sites (tertiary alicyclic amines) is 1. The van der Waals surface area contributed by atoms with Gasteiger partial charge in [-0.1, -0.05) is 20.3 Å². The lowest BCUT2D eigenvalue weighted by molar-refractivity contribution is 0.142. The van der Waals surface area contributed by atoms with Gasteiger partial charge in [-0.25, -0.2) is 4.98 Å². The Morgan fingerprint density at radius 1 is 1.60 bits per heavy atom. The molecule has 1 unspecified atom stereocenters. The Hall–Kier alpha value is -1.10. The fourth-order valence-corrected chi connectivity index (χ4v) is 3.69. The van der Waals surface area contributed by atoms with Gasteiger partial charge in [0, 0.05) is 31.7 Å². The van der Waals surface area contributed by atoms with Crippen LogP contribution in [-0.4, -0.2) is 36.0 Å². The van der Waals surface area contributed by atoms with Gasteiger partial charge in [-0.2, -0.15) is 0 Å². The Bertz CT molecular complexity index is 425. The molecule has 1 aliphatic heterocycles. The second-order valence-corrected chi connectivity index (χ2v) is 6.89. The number of piperidine rings is 1. The minimum Gasteiger partial charge on any atom is -0.350 e. The molecular weight excluding hydrogens is 268 g/mol. The van der Waals surface area contributed by atoms with Crippen molar-refractivity contribution in [3.8, 4) is 0 Å². The van der Waals surface area contributed by atoms with Crippen LogP contribution in [0, 0.1) is 5.41 Å². The van der Waals surface area contributed by atoms with Crippen molar-refractivity contribution in [1.82, 2.24) is 15.2 Å². The number of guanidine groups is 1. The molecule has 0 saturated carbocycles. The smallest absolute Gasteiger partial charge is 0.194 e. The maximum atomic E-state index is 4.45. The highest BCUT2D eigenvalue weighted by molar-refractivity contribution is 7.09. The molecule has 1 aromatic rings. The predicted molar refractivity (Wildman–Crippen MR) is 86.1 cm³/mol. The van der Waals surface area contributed by atoms with E-state index in [1.165, 1.54) is 25.7 Å². The fourth-order valence-electron chi connectivity index (χ4n) is 3.13. The van der Waals surface area contributed by atoms with E-state index in [4.69, 9.17) is 0 Å². The van der Waals surface area contributed by atoms with Crippen LogP contribution in [0.25, 0.3) is 0 Å². The molecule has 1 saturated heterocycles. The number of thiazole rings is 1. The second kappa shape index (κ2) is 7.07. The molecular formula is C15H26N4S. The number of nitrogens with one attached hydrogen (secondary N) is 1. The van der Waals surface area contributed by atoms with Gasteiger partial charge in [-0.3, -0.25) is 4.99 Å². The summed E-state index contributed by atoms with van der Waals surface area (Å²) < 4.78 is 0. The van der Waals surface area contributed by atoms with Gasteiger partial charge >= 0.3 is 0 Å². The third-order valence-electron chi connectivity index (χ3n) is 4.03. The Morgan fingerprint density at radius 2 is 2.45 bits per heavy atom. The Labute approximate surface area is 126 Å². The SMILES string of the molecule is CCCC1(C)CCCN(C(=NC)NCc2nccs2)C1. The molecule has 2 heterocycles. The number of aromatic nitrogens is 1. The lowest BCUT2D eigenvalue weighted by Gasteiger charge is -2.42. The van der Waals surface area contributed by atoms with Crippen molar-refractivity contribution in [2.75, 3.05) is 20.1 Å². The summed E-state index contributed by atoms with van der Waals surface area (Å²) in [5.41, 5.74) is 0.436. The van der Waals surface area contributed by atoms with Gasteiger partial charge in [-0.05, 0) is 24.7 Å². The van der Waals surface area contributed by atoms with E-state index in [9.17, 15) is 0 Å². The zero-order chi connectivity index (χ0) is 14.4. The van der Waals surface area contributed by atoms with Gasteiger partial charge in [0.15, 0.2) is 5.96 Å². The van der Waals surface area contributed by atoms with E-state index in [0.29, 0.717) is 5.41 Å². The normalized spacial score (nSPS) is 23.9. The summed E-state index contributed by atoms with van der Waals surface area (Å²) >= 11 is 1.68. The van der Waals surface area contributed by atoms with E-state index >= 15 is 0 Å². The Morgan fingerprint density at radius 3 is 3.10 bits per heavy atom. The zero-order valence-corrected chi connectivity index (χ0v) is 13.7. The van der Waals surface area contributed by atoms with Crippen molar-refractivity contribution in [3.05, 3.63) is 16.6 Å². The average molecular weight is 294 g/mol. The maximum Gasteiger partial charge on any atom is 0.194 e. The molecule has 112 valence electrons. The molecule has 0 radical (unpaired) electrons. The average Bonchev–Trinajstić information content (AvgIpc) is 2.93. The van der Waals surface area contributed by atoms with Crippen LogP contribution in [0.4, 0.5) is 0 Å². The summed E-state index contributed by atoms with van der Waals surface area (Å²) in [4.78, 5) is 11.2. The molecule has 0 amide bonds. The molecule has 0 bridgehead atoms. The van der Waals surface area contributed by atoms with E-state index in [2.05, 4.69) is 34.0 Å². The van der Waals surface area contributed by atoms with E-state index in [1.54, 1.807) is 11.3 Å². The Kier molecular flexibility index (Phi) is 5.40. The monoisotopic (exact) mass is 294 g/mol. The standard InChI is InChI=1S/C15H26N4S/c1-4-6-15(2)7-5-9-19(12-15)14(16-3)18-11-13-17-8-10-20-13/h8,10H,4-7,9,11-12H2,1-3H3,(H,16,18). The van der Waals surface area contributed by atoms with Crippen LogP contribution >= 0.6 is 11.3 Å². The third kappa shape index (κ3) is 3.95. The lowest BCUT2D eigenvalue weighted by atomic mass is 9.78. The topological polar surface area (TPSA) is 40.5 Å². The number of nitrogens with zero attached hydrogens (tertiary/aromatic N) is 3. The highest BCUT2D eigenvalue weighted by atomic mass is 32.1. The van der Waals surface area contributed by atoms with E-state index in [0.717, 1.165) is 30.6 Å². The quantitative estimate of drug-likeness (QED) is 0.685. The molecule has 2 rings (SSSR count). The second-order valence-electron chi connectivity index (χ2n) is 5.91. The van der Waals surface area contributed by atoms with Crippen molar-refractivity contribution in [3.63, 3.8) is 0 Å². The van der Waals surface area contributed by atoms with Crippen molar-refractivity contribution in [1.29, 1.82) is 0 Å². The first-order valence-corrected chi connectivity index (χ1v) is 8.39. The van der Waals surface area contributed by atoms with E-state index in [1.807, 2.05) is 18.6 Å². The minimum absolute atomic E-state index is 0.436. The van der Waals surface area contributed by atoms with E-state index < -0.39 is 0 Å². The highest BCUT2D eigenvalue weighted by Gasteiger charge is 2.31. The molecule has 5 heteroatoms. The largest absolute Gasteiger partial charge is 0.350 e. The van der Waals surface area contributed by atoms with Gasteiger partial charge in [0.05, 0.1) is 6.54 Å². The third-order valence-corrected chi connectivity index (χ3v) is 4.81. The van der Waals surface area contributed by atoms with Gasteiger partial charge < -0.3 is 10.2 Å². The molecule has 0 aliphatic carbocycles. The van der Waals surface area contributed by atoms with Crippen LogP contribution in [0.2, 0.25) is 0 Å². The van der Waals surface area contributed by atoms with Crippen LogP contribution < -0.4 is 5.32 Å². The fraction of sp³-hybridized carbons (Fsp3) is 0.733. The minimum atomic E-state index is 0.436. The molecule has 1 atom stereocenters. The summed E-state index contributed by atoms with van der Waals surface area (Å²) in [5, 5.41) is 6.57. The first-order valence-electron chi connectivity index (χ1n) is 7.51. The molecule has 20 heavy (non-hydrogen) atoms. The van der Waals surface area contributed by atoms with Crippen LogP contribution in [0.15, 0.2) is 16.6 Å². The van der Waals surface area contributed by atoms with E-state index in [-0.39, 0.29) is 0 Å². The number of rotatable bonds is 4. The van der Waals surface area contributed by atoms with Crippen molar-refractivity contribution in [2.24, 2.45) is 10.4 Å². The first kappa shape index (κ1) is 15.3. The Balaban J connectivity index is 1.93. The van der Waals surface area contributed by atoms with Crippen LogP contribution in [0.5, 0.6) is 0 Å². The summed E-state index contributed by atoms with van der Waals surface area (Å²) in [6.07, 6.45) is 7.00. The van der Waals surface area contributed by atoms with Gasteiger partial charge in [-0.15, -0.1) is 11.3 Å². The first-order chi connectivity index (χ1) is 9.67. The van der Waals surface area contributed by atoms with Gasteiger partial charge in [0.25, 0.3) is 0 Å². The molecule has 0 spiro atoms. The zero-order valence-electron chi connectivity index (χ0n) is 12.9. The molecule has 4 nitrogen and oxygen atoms in total. The molecule has 1 N–H and O–H groups in total. The van der Waals surface area contributed by atoms with Gasteiger partial charge in [0.1, 0.15) is 5.01 Å². The number of aliphatic imine (C=N–C) groups is 1. The van der Waals surface area contributed by atoms with Crippen LogP contribution in [-0.2, 0) is 6.54 Å². The number of hydrogen-bond donors (Lipinski definition) is 1. The van der Waals surface area contributed by atoms with Crippen LogP contribution in [0.3, 0.4) is 0 Å². The van der Waals surface area contributed by atoms with Crippen molar-refractivity contribution in [2.45, 2.75) is 46.1 Å². The summed E-state index contributed by atoms with van der Waals surface area (Å²) in [6.45, 7) is 7.68. The summed E-state index contributed by atoms with van der Waals surface area (Å²) in [6, 6.07) is 0. The number of hydrogen-bond acceptors (Lipinski definition) is 3. The molecule has 0 aromatic carbocycles. The maximum absolute atomic E-state index is 4.45. The molecule has 1 fully saturated rings. The lowest BCUT2D eigenvalue weighted by Crippen LogP contribution is -2.49. The van der Waals surface area contributed by atoms with Crippen molar-refractivity contribution >= 4 is 17.3 Å². The van der Waals surface area contributed by atoms with Crippen molar-refractivity contribution < 1.29 is 0 Å². The summed E-state index contributed by atoms with van der Waals surface area (Å²) in [7, 11) is 1.87. The summed E-state index contributed by atoms with van der Waals surface area (Å²) in [5.74, 6) is 1.02. The predicted octanol–water partition coefficient (Wildman–Crippen LogP) is 3.12. The highest BCUT2D eigenvalue weighted by Crippen LogP contribution is 2.33. The van der Waals surface area contributed by atoms with Gasteiger partial charge in [0.2, 0.25) is 0 Å². The van der Waals surface area contributed by atoms with Crippen LogP contribution in [0.1, 0.15) is 44.5 Å². The molecule has 1 aromatic heterocycles.